The van der Waals surface area contributed by atoms with Gasteiger partial charge in [0.15, 0.2) is 0 Å². The van der Waals surface area contributed by atoms with Crippen LogP contribution in [0.3, 0.4) is 0 Å². The summed E-state index contributed by atoms with van der Waals surface area (Å²) in [4.78, 5) is 0. The van der Waals surface area contributed by atoms with Gasteiger partial charge in [0.25, 0.3) is 0 Å². The van der Waals surface area contributed by atoms with Crippen molar-refractivity contribution in [1.82, 2.24) is 0 Å². The Bertz CT molecular complexity index is 204. The lowest BCUT2D eigenvalue weighted by Gasteiger charge is -2.48. The molecule has 0 spiro atoms. The van der Waals surface area contributed by atoms with Crippen LogP contribution < -0.4 is 5.73 Å². The number of ether oxygens (including phenoxy) is 1. The van der Waals surface area contributed by atoms with Crippen molar-refractivity contribution in [3.8, 4) is 0 Å². The van der Waals surface area contributed by atoms with Crippen molar-refractivity contribution in [3.05, 3.63) is 0 Å². The largest absolute Gasteiger partial charge is 0.396 e. The second kappa shape index (κ2) is 4.81. The van der Waals surface area contributed by atoms with Crippen LogP contribution >= 0.6 is 0 Å². The number of hydrogen-bond donors (Lipinski definition) is 2. The van der Waals surface area contributed by atoms with Crippen molar-refractivity contribution in [2.24, 2.45) is 11.1 Å². The molecule has 3 unspecified atom stereocenters. The van der Waals surface area contributed by atoms with Crippen molar-refractivity contribution in [3.63, 3.8) is 0 Å². The van der Waals surface area contributed by atoms with Gasteiger partial charge >= 0.3 is 0 Å². The van der Waals surface area contributed by atoms with E-state index in [1.807, 2.05) is 0 Å². The van der Waals surface area contributed by atoms with Crippen LogP contribution in [0.2, 0.25) is 0 Å². The molecule has 15 heavy (non-hydrogen) atoms. The van der Waals surface area contributed by atoms with Gasteiger partial charge in [0.1, 0.15) is 0 Å². The van der Waals surface area contributed by atoms with Crippen LogP contribution in [0.15, 0.2) is 0 Å². The third-order valence-corrected chi connectivity index (χ3v) is 4.10. The van der Waals surface area contributed by atoms with Crippen molar-refractivity contribution < 1.29 is 9.84 Å². The normalized spacial score (nSPS) is 39.0. The third kappa shape index (κ3) is 2.71. The quantitative estimate of drug-likeness (QED) is 0.750. The van der Waals surface area contributed by atoms with Gasteiger partial charge in [-0.3, -0.25) is 0 Å². The highest BCUT2D eigenvalue weighted by atomic mass is 16.5. The summed E-state index contributed by atoms with van der Waals surface area (Å²) in [5, 5.41) is 9.18. The summed E-state index contributed by atoms with van der Waals surface area (Å²) >= 11 is 0. The maximum Gasteiger partial charge on any atom is 0.0657 e. The molecule has 0 saturated carbocycles. The van der Waals surface area contributed by atoms with E-state index in [1.54, 1.807) is 0 Å². The maximum absolute atomic E-state index is 9.18. The Labute approximate surface area is 93.0 Å². The minimum atomic E-state index is -0.0545. The molecule has 90 valence electrons. The van der Waals surface area contributed by atoms with E-state index in [0.717, 1.165) is 32.3 Å². The molecule has 0 aromatic carbocycles. The number of hydrogen-bond acceptors (Lipinski definition) is 3. The minimum absolute atomic E-state index is 0.0545. The first kappa shape index (κ1) is 12.9. The lowest BCUT2D eigenvalue weighted by Crippen LogP contribution is -2.51. The Hall–Kier alpha value is -0.120. The predicted molar refractivity (Wildman–Crippen MR) is 61.7 cm³/mol. The van der Waals surface area contributed by atoms with Crippen molar-refractivity contribution in [2.45, 2.75) is 58.1 Å². The average Bonchev–Trinajstić information content (AvgIpc) is 2.18. The zero-order valence-electron chi connectivity index (χ0n) is 10.3. The Kier molecular flexibility index (Phi) is 4.15. The fraction of sp³-hybridized carbons (Fsp3) is 1.00. The number of aliphatic hydroxyl groups excluding tert-OH is 1. The summed E-state index contributed by atoms with van der Waals surface area (Å²) < 4.78 is 5.83. The van der Waals surface area contributed by atoms with Crippen LogP contribution in [0.5, 0.6) is 0 Å². The smallest absolute Gasteiger partial charge is 0.0657 e. The second-order valence-electron chi connectivity index (χ2n) is 5.20. The summed E-state index contributed by atoms with van der Waals surface area (Å²) in [6, 6.07) is 0.124. The fourth-order valence-electron chi connectivity index (χ4n) is 2.66. The molecular formula is C12H25NO2. The van der Waals surface area contributed by atoms with E-state index in [0.29, 0.717) is 0 Å². The molecule has 0 aliphatic carbocycles. The molecule has 0 aromatic heterocycles. The first-order valence-electron chi connectivity index (χ1n) is 5.98. The van der Waals surface area contributed by atoms with E-state index in [4.69, 9.17) is 10.5 Å². The first-order valence-corrected chi connectivity index (χ1v) is 5.98. The summed E-state index contributed by atoms with van der Waals surface area (Å²) in [5.74, 6) is 0. The van der Waals surface area contributed by atoms with Gasteiger partial charge in [0.05, 0.1) is 5.60 Å². The summed E-state index contributed by atoms with van der Waals surface area (Å²) in [6.07, 6.45) is 3.74. The molecule has 1 fully saturated rings. The molecule has 1 rings (SSSR count). The molecule has 1 aliphatic rings. The van der Waals surface area contributed by atoms with Crippen molar-refractivity contribution >= 4 is 0 Å². The average molecular weight is 215 g/mol. The fourth-order valence-corrected chi connectivity index (χ4v) is 2.66. The lowest BCUT2D eigenvalue weighted by atomic mass is 9.67. The molecule has 3 heteroatoms. The van der Waals surface area contributed by atoms with Gasteiger partial charge in [-0.05, 0) is 44.9 Å². The molecule has 0 radical (unpaired) electrons. The highest BCUT2D eigenvalue weighted by molar-refractivity contribution is 4.96. The summed E-state index contributed by atoms with van der Waals surface area (Å²) in [6.45, 7) is 7.35. The molecular weight excluding hydrogens is 190 g/mol. The molecule has 1 heterocycles. The summed E-state index contributed by atoms with van der Waals surface area (Å²) in [5.41, 5.74) is 6.11. The van der Waals surface area contributed by atoms with Gasteiger partial charge in [0, 0.05) is 19.3 Å². The van der Waals surface area contributed by atoms with Gasteiger partial charge in [-0.1, -0.05) is 6.92 Å². The molecule has 1 saturated heterocycles. The Morgan fingerprint density at radius 3 is 2.67 bits per heavy atom. The Balaban J connectivity index is 2.80. The number of rotatable bonds is 4. The van der Waals surface area contributed by atoms with Crippen molar-refractivity contribution in [1.29, 1.82) is 0 Å². The van der Waals surface area contributed by atoms with Crippen LogP contribution in [0.4, 0.5) is 0 Å². The topological polar surface area (TPSA) is 55.5 Å². The van der Waals surface area contributed by atoms with Gasteiger partial charge in [0.2, 0.25) is 0 Å². The van der Waals surface area contributed by atoms with E-state index in [2.05, 4.69) is 20.8 Å². The Morgan fingerprint density at radius 1 is 1.53 bits per heavy atom. The molecule has 3 nitrogen and oxygen atoms in total. The maximum atomic E-state index is 9.18. The highest BCUT2D eigenvalue weighted by Crippen LogP contribution is 2.44. The molecule has 0 amide bonds. The van der Waals surface area contributed by atoms with Crippen LogP contribution in [-0.2, 0) is 4.74 Å². The molecule has 3 atom stereocenters. The van der Waals surface area contributed by atoms with E-state index in [-0.39, 0.29) is 23.7 Å². The zero-order valence-corrected chi connectivity index (χ0v) is 10.3. The van der Waals surface area contributed by atoms with Gasteiger partial charge in [-0.15, -0.1) is 0 Å². The van der Waals surface area contributed by atoms with Gasteiger partial charge in [-0.25, -0.2) is 0 Å². The SMILES string of the molecule is CCC1(C)CC(CCO)(C(C)N)CCO1. The van der Waals surface area contributed by atoms with E-state index >= 15 is 0 Å². The number of nitrogens with two attached hydrogens (primary N) is 1. The minimum Gasteiger partial charge on any atom is -0.396 e. The van der Waals surface area contributed by atoms with Crippen LogP contribution in [0.1, 0.15) is 46.5 Å². The van der Waals surface area contributed by atoms with E-state index in [9.17, 15) is 5.11 Å². The molecule has 0 aromatic rings. The number of aliphatic hydroxyl groups is 1. The van der Waals surface area contributed by atoms with E-state index < -0.39 is 0 Å². The Morgan fingerprint density at radius 2 is 2.20 bits per heavy atom. The van der Waals surface area contributed by atoms with Crippen LogP contribution in [0.25, 0.3) is 0 Å². The standard InChI is InChI=1S/C12H25NO2/c1-4-11(3)9-12(5-7-14,10(2)13)6-8-15-11/h10,14H,4-9,13H2,1-3H3. The molecule has 1 aliphatic heterocycles. The van der Waals surface area contributed by atoms with Gasteiger partial charge < -0.3 is 15.6 Å². The van der Waals surface area contributed by atoms with E-state index in [1.165, 1.54) is 0 Å². The molecule has 0 bridgehead atoms. The lowest BCUT2D eigenvalue weighted by molar-refractivity contribution is -0.127. The summed E-state index contributed by atoms with van der Waals surface area (Å²) in [7, 11) is 0. The predicted octanol–water partition coefficient (Wildman–Crippen LogP) is 1.68. The van der Waals surface area contributed by atoms with Crippen LogP contribution in [0, 0.1) is 5.41 Å². The highest BCUT2D eigenvalue weighted by Gasteiger charge is 2.44. The first-order chi connectivity index (χ1) is 6.98. The zero-order chi connectivity index (χ0) is 11.5. The van der Waals surface area contributed by atoms with Gasteiger partial charge in [-0.2, -0.15) is 0 Å². The second-order valence-corrected chi connectivity index (χ2v) is 5.20. The van der Waals surface area contributed by atoms with Crippen LogP contribution in [-0.4, -0.2) is 30.0 Å². The van der Waals surface area contributed by atoms with Crippen molar-refractivity contribution in [2.75, 3.05) is 13.2 Å². The third-order valence-electron chi connectivity index (χ3n) is 4.10. The monoisotopic (exact) mass is 215 g/mol. The molecule has 3 N–H and O–H groups in total.